The van der Waals surface area contributed by atoms with E-state index >= 15 is 0 Å². The molecular weight excluding hydrogens is 961 g/mol. The lowest BCUT2D eigenvalue weighted by atomic mass is 9.94. The van der Waals surface area contributed by atoms with Gasteiger partial charge in [0.1, 0.15) is 43.7 Å². The Hall–Kier alpha value is -6.99. The van der Waals surface area contributed by atoms with Crippen molar-refractivity contribution in [3.05, 3.63) is 226 Å². The van der Waals surface area contributed by atoms with E-state index in [0.29, 0.717) is 12.2 Å². The number of aliphatic hydroxyl groups is 1. The zero-order valence-electron chi connectivity index (χ0n) is 41.5. The Morgan fingerprint density at radius 1 is 0.573 bits per heavy atom. The molecule has 0 aliphatic carbocycles. The van der Waals surface area contributed by atoms with Crippen LogP contribution >= 0.6 is 0 Å². The van der Waals surface area contributed by atoms with E-state index in [1.54, 1.807) is 19.1 Å². The molecule has 0 unspecified atom stereocenters. The first kappa shape index (κ1) is 54.3. The Labute approximate surface area is 436 Å². The molecule has 0 saturated carbocycles. The number of ether oxygens (including phenoxy) is 10. The summed E-state index contributed by atoms with van der Waals surface area (Å²) in [4.78, 5) is 31.3. The molecule has 17 heteroatoms. The molecule has 0 bridgehead atoms. The van der Waals surface area contributed by atoms with Gasteiger partial charge in [0.2, 0.25) is 0 Å². The summed E-state index contributed by atoms with van der Waals surface area (Å²) in [6.45, 7) is 2.05. The number of carbonyl (C=O) groups excluding carboxylic acids is 2. The number of benzene rings is 6. The topological polar surface area (TPSA) is 207 Å². The Bertz CT molecular complexity index is 2660. The molecule has 0 aromatic heterocycles. The van der Waals surface area contributed by atoms with Crippen molar-refractivity contribution < 1.29 is 62.1 Å². The quantitative estimate of drug-likeness (QED) is 0.0238. The molecule has 6 aromatic rings. The lowest BCUT2D eigenvalue weighted by Crippen LogP contribution is -2.67. The standard InChI is InChI=1S/C58H62N4O13/c1-40-48(60-58(65)72-37-46-30-18-7-19-31-46)51(49(61-62-59)56(73-40)71-39-47(67-33-42-22-10-3-11-23-42)38-66-32-41-20-8-2-9-21-41)74-57-53(69-35-44-26-14-5-15-27-44)50(63)52(68-34-43-24-12-4-13-25-43)54(75-57)55(64)70-36-45-28-16-6-17-29-45/h2-31,40,47-54,56-57,63H,32-39H2,1H3,(H,60,65)/t40-,47-,48+,49-,50+,51+,52-,53-,54+,56+,57+/m1/s1. The monoisotopic (exact) mass is 1020 g/mol. The van der Waals surface area contributed by atoms with Crippen LogP contribution in [0.4, 0.5) is 4.79 Å². The Morgan fingerprint density at radius 2 is 1.04 bits per heavy atom. The number of alkyl carbamates (subject to hydrolysis) is 1. The zero-order valence-corrected chi connectivity index (χ0v) is 41.5. The molecule has 6 aromatic carbocycles. The highest BCUT2D eigenvalue weighted by Gasteiger charge is 2.54. The minimum Gasteiger partial charge on any atom is -0.459 e. The molecule has 0 spiro atoms. The minimum absolute atomic E-state index is 0.00871. The van der Waals surface area contributed by atoms with Gasteiger partial charge in [0, 0.05) is 4.91 Å². The summed E-state index contributed by atoms with van der Waals surface area (Å²) in [5.74, 6) is -0.852. The van der Waals surface area contributed by atoms with Gasteiger partial charge in [0.25, 0.3) is 0 Å². The van der Waals surface area contributed by atoms with Gasteiger partial charge in [0.05, 0.1) is 57.9 Å². The third-order valence-corrected chi connectivity index (χ3v) is 12.5. The Morgan fingerprint density at radius 3 is 1.56 bits per heavy atom. The van der Waals surface area contributed by atoms with E-state index in [1.165, 1.54) is 0 Å². The highest BCUT2D eigenvalue weighted by molar-refractivity contribution is 5.76. The van der Waals surface area contributed by atoms with Crippen LogP contribution in [-0.2, 0) is 91.8 Å². The maximum absolute atomic E-state index is 14.3. The van der Waals surface area contributed by atoms with Crippen molar-refractivity contribution in [2.45, 2.75) is 114 Å². The summed E-state index contributed by atoms with van der Waals surface area (Å²) < 4.78 is 63.3. The summed E-state index contributed by atoms with van der Waals surface area (Å²) in [5.41, 5.74) is 15.1. The number of esters is 1. The number of carbonyl (C=O) groups is 2. The van der Waals surface area contributed by atoms with Crippen LogP contribution in [0.2, 0.25) is 0 Å². The fraction of sp³-hybridized carbons (Fsp3) is 0.345. The van der Waals surface area contributed by atoms with Crippen molar-refractivity contribution in [3.63, 3.8) is 0 Å². The number of azide groups is 1. The predicted octanol–water partition coefficient (Wildman–Crippen LogP) is 8.91. The van der Waals surface area contributed by atoms with Gasteiger partial charge in [-0.3, -0.25) is 0 Å². The number of nitrogens with zero attached hydrogens (tertiary/aromatic N) is 3. The van der Waals surface area contributed by atoms with Crippen LogP contribution in [0, 0.1) is 0 Å². The van der Waals surface area contributed by atoms with Crippen molar-refractivity contribution in [2.24, 2.45) is 5.11 Å². The fourth-order valence-electron chi connectivity index (χ4n) is 8.60. The number of nitrogens with one attached hydrogen (secondary N) is 1. The molecule has 2 saturated heterocycles. The maximum atomic E-state index is 14.3. The van der Waals surface area contributed by atoms with Gasteiger partial charge in [-0.2, -0.15) is 0 Å². The molecule has 1 amide bonds. The largest absolute Gasteiger partial charge is 0.459 e. The van der Waals surface area contributed by atoms with Crippen molar-refractivity contribution in [2.75, 3.05) is 13.2 Å². The minimum atomic E-state index is -1.61. The lowest BCUT2D eigenvalue weighted by molar-refractivity contribution is -0.338. The van der Waals surface area contributed by atoms with Crippen molar-refractivity contribution >= 4 is 12.1 Å². The average molecular weight is 1020 g/mol. The third kappa shape index (κ3) is 16.3. The second-order valence-electron chi connectivity index (χ2n) is 18.0. The molecular formula is C58H62N4O13. The number of aliphatic hydroxyl groups excluding tert-OH is 1. The first-order valence-corrected chi connectivity index (χ1v) is 24.9. The second-order valence-corrected chi connectivity index (χ2v) is 18.0. The molecule has 8 rings (SSSR count). The van der Waals surface area contributed by atoms with E-state index in [2.05, 4.69) is 15.3 Å². The highest BCUT2D eigenvalue weighted by Crippen LogP contribution is 2.35. The van der Waals surface area contributed by atoms with Crippen LogP contribution < -0.4 is 5.32 Å². The van der Waals surface area contributed by atoms with Crippen LogP contribution in [0.3, 0.4) is 0 Å². The number of rotatable bonds is 25. The predicted molar refractivity (Wildman–Crippen MR) is 274 cm³/mol. The van der Waals surface area contributed by atoms with Gasteiger partial charge in [-0.15, -0.1) is 0 Å². The van der Waals surface area contributed by atoms with Crippen molar-refractivity contribution in [1.82, 2.24) is 5.32 Å². The molecule has 2 heterocycles. The van der Waals surface area contributed by atoms with Crippen LogP contribution in [0.25, 0.3) is 10.4 Å². The highest BCUT2D eigenvalue weighted by atomic mass is 16.7. The summed E-state index contributed by atoms with van der Waals surface area (Å²) in [6, 6.07) is 53.6. The van der Waals surface area contributed by atoms with E-state index in [-0.39, 0.29) is 46.2 Å². The molecule has 2 fully saturated rings. The van der Waals surface area contributed by atoms with Crippen LogP contribution in [-0.4, -0.2) is 97.8 Å². The first-order valence-electron chi connectivity index (χ1n) is 24.9. The van der Waals surface area contributed by atoms with Crippen LogP contribution in [0.1, 0.15) is 40.3 Å². The van der Waals surface area contributed by atoms with Crippen LogP contribution in [0.15, 0.2) is 187 Å². The first-order chi connectivity index (χ1) is 36.8. The number of hydrogen-bond acceptors (Lipinski definition) is 14. The molecule has 11 atom stereocenters. The Kier molecular flexibility index (Phi) is 20.7. The van der Waals surface area contributed by atoms with Gasteiger partial charge in [0.15, 0.2) is 18.7 Å². The lowest BCUT2D eigenvalue weighted by Gasteiger charge is -2.48. The van der Waals surface area contributed by atoms with Gasteiger partial charge in [-0.1, -0.05) is 187 Å². The molecule has 75 heavy (non-hydrogen) atoms. The molecule has 2 aliphatic heterocycles. The Balaban J connectivity index is 1.10. The molecule has 0 radical (unpaired) electrons. The fourth-order valence-corrected chi connectivity index (χ4v) is 8.60. The normalized spacial score (nSPS) is 23.8. The summed E-state index contributed by atoms with van der Waals surface area (Å²) in [6.07, 6.45) is -12.6. The second kappa shape index (κ2) is 28.6. The van der Waals surface area contributed by atoms with Crippen molar-refractivity contribution in [1.29, 1.82) is 0 Å². The van der Waals surface area contributed by atoms with Gasteiger partial charge < -0.3 is 57.8 Å². The van der Waals surface area contributed by atoms with Gasteiger partial charge in [-0.05, 0) is 45.8 Å². The number of hydrogen-bond donors (Lipinski definition) is 2. The number of amides is 1. The summed E-state index contributed by atoms with van der Waals surface area (Å²) >= 11 is 0. The smallest absolute Gasteiger partial charge is 0.407 e. The molecule has 2 N–H and O–H groups in total. The van der Waals surface area contributed by atoms with E-state index in [1.807, 2.05) is 170 Å². The maximum Gasteiger partial charge on any atom is 0.407 e. The summed E-state index contributed by atoms with van der Waals surface area (Å²) in [5, 5.41) is 19.5. The van der Waals surface area contributed by atoms with Gasteiger partial charge >= 0.3 is 12.1 Å². The van der Waals surface area contributed by atoms with E-state index in [4.69, 9.17) is 47.4 Å². The summed E-state index contributed by atoms with van der Waals surface area (Å²) in [7, 11) is 0. The molecule has 17 nitrogen and oxygen atoms in total. The molecule has 392 valence electrons. The van der Waals surface area contributed by atoms with Crippen LogP contribution in [0.5, 0.6) is 0 Å². The van der Waals surface area contributed by atoms with E-state index in [9.17, 15) is 20.2 Å². The van der Waals surface area contributed by atoms with E-state index < -0.39 is 79.5 Å². The third-order valence-electron chi connectivity index (χ3n) is 12.5. The molecule has 2 aliphatic rings. The van der Waals surface area contributed by atoms with E-state index in [0.717, 1.165) is 27.8 Å². The average Bonchev–Trinajstić information content (AvgIpc) is 3.46. The zero-order chi connectivity index (χ0) is 52.0. The SMILES string of the molecule is C[C@H]1O[C@H](OC[C@@H](COCc2ccccc2)OCc2ccccc2)[C@H](N=[N+]=[N-])[C@@H](O[C@H]2O[C@H](C(=O)OCc3ccccc3)[C@H](OCc3ccccc3)[C@H](O)[C@H]2OCc2ccccc2)[C@H]1NC(=O)OCc1ccccc1. The van der Waals surface area contributed by atoms with Gasteiger partial charge in [-0.25, -0.2) is 9.59 Å². The van der Waals surface area contributed by atoms with Crippen molar-refractivity contribution in [3.8, 4) is 0 Å².